The first-order chi connectivity index (χ1) is 10.0. The van der Waals surface area contributed by atoms with Crippen LogP contribution >= 0.6 is 11.8 Å². The third-order valence-electron chi connectivity index (χ3n) is 3.24. The van der Waals surface area contributed by atoms with Gasteiger partial charge in [0.25, 0.3) is 5.91 Å². The Hall–Kier alpha value is -1.72. The number of amides is 1. The zero-order valence-electron chi connectivity index (χ0n) is 12.3. The molecular formula is C16H19NO3S. The van der Waals surface area contributed by atoms with Crippen LogP contribution in [0.1, 0.15) is 33.5 Å². The molecule has 0 aliphatic carbocycles. The van der Waals surface area contributed by atoms with Crippen LogP contribution in [0.25, 0.3) is 0 Å². The second-order valence-corrected chi connectivity index (χ2v) is 5.71. The lowest BCUT2D eigenvalue weighted by molar-refractivity contribution is 0.0915. The number of thioether (sulfide) groups is 1. The summed E-state index contributed by atoms with van der Waals surface area (Å²) in [6.45, 7) is 3.71. The van der Waals surface area contributed by atoms with E-state index in [1.807, 2.05) is 30.5 Å². The van der Waals surface area contributed by atoms with Gasteiger partial charge >= 0.3 is 0 Å². The van der Waals surface area contributed by atoms with Gasteiger partial charge in [-0.1, -0.05) is 12.1 Å². The van der Waals surface area contributed by atoms with E-state index >= 15 is 0 Å². The molecule has 4 nitrogen and oxygen atoms in total. The lowest BCUT2D eigenvalue weighted by Crippen LogP contribution is -2.28. The average Bonchev–Trinajstić information content (AvgIpc) is 2.83. The topological polar surface area (TPSA) is 62.5 Å². The van der Waals surface area contributed by atoms with Crippen molar-refractivity contribution >= 4 is 17.7 Å². The van der Waals surface area contributed by atoms with E-state index in [1.165, 1.54) is 0 Å². The molecular weight excluding hydrogens is 286 g/mol. The van der Waals surface area contributed by atoms with E-state index < -0.39 is 6.10 Å². The fourth-order valence-electron chi connectivity index (χ4n) is 2.08. The van der Waals surface area contributed by atoms with E-state index in [1.54, 1.807) is 31.7 Å². The van der Waals surface area contributed by atoms with Crippen molar-refractivity contribution < 1.29 is 14.3 Å². The molecule has 2 rings (SSSR count). The number of carbonyl (C=O) groups excluding carboxylic acids is 1. The molecule has 21 heavy (non-hydrogen) atoms. The van der Waals surface area contributed by atoms with Crippen molar-refractivity contribution in [1.82, 2.24) is 5.32 Å². The van der Waals surface area contributed by atoms with Crippen LogP contribution in [-0.4, -0.2) is 23.8 Å². The van der Waals surface area contributed by atoms with E-state index in [9.17, 15) is 9.90 Å². The molecule has 0 fully saturated rings. The van der Waals surface area contributed by atoms with Crippen molar-refractivity contribution in [3.05, 3.63) is 53.0 Å². The summed E-state index contributed by atoms with van der Waals surface area (Å²) in [7, 11) is 0. The predicted molar refractivity (Wildman–Crippen MR) is 83.7 cm³/mol. The van der Waals surface area contributed by atoms with Crippen LogP contribution in [0, 0.1) is 13.8 Å². The first-order valence-electron chi connectivity index (χ1n) is 6.68. The molecule has 112 valence electrons. The molecule has 0 bridgehead atoms. The van der Waals surface area contributed by atoms with Gasteiger partial charge in [0.05, 0.1) is 11.7 Å². The van der Waals surface area contributed by atoms with Crippen LogP contribution in [0.5, 0.6) is 0 Å². The standard InChI is InChI=1S/C16H19NO3S/c1-10-8-14(11(2)20-10)16(19)17-9-15(18)12-4-6-13(21-3)7-5-12/h4-8,15,18H,9H2,1-3H3,(H,17,19)/t15-/m0/s1. The number of carbonyl (C=O) groups is 1. The predicted octanol–water partition coefficient (Wildman–Crippen LogP) is 3.08. The molecule has 0 radical (unpaired) electrons. The number of nitrogens with one attached hydrogen (secondary N) is 1. The highest BCUT2D eigenvalue weighted by Crippen LogP contribution is 2.19. The third kappa shape index (κ3) is 3.89. The maximum Gasteiger partial charge on any atom is 0.254 e. The molecule has 5 heteroatoms. The maximum atomic E-state index is 12.0. The Labute approximate surface area is 128 Å². The van der Waals surface area contributed by atoms with Crippen molar-refractivity contribution in [2.24, 2.45) is 0 Å². The lowest BCUT2D eigenvalue weighted by Gasteiger charge is -2.12. The highest BCUT2D eigenvalue weighted by molar-refractivity contribution is 7.98. The summed E-state index contributed by atoms with van der Waals surface area (Å²) in [4.78, 5) is 13.2. The van der Waals surface area contributed by atoms with Crippen LogP contribution in [0.3, 0.4) is 0 Å². The largest absolute Gasteiger partial charge is 0.466 e. The number of rotatable bonds is 5. The number of aryl methyl sites for hydroxylation is 2. The Bertz CT molecular complexity index is 619. The molecule has 1 amide bonds. The molecule has 1 heterocycles. The van der Waals surface area contributed by atoms with Crippen molar-refractivity contribution in [3.63, 3.8) is 0 Å². The monoisotopic (exact) mass is 305 g/mol. The van der Waals surface area contributed by atoms with Crippen molar-refractivity contribution in [3.8, 4) is 0 Å². The van der Waals surface area contributed by atoms with Gasteiger partial charge in [-0.2, -0.15) is 0 Å². The number of aliphatic hydroxyl groups excluding tert-OH is 1. The van der Waals surface area contributed by atoms with Gasteiger partial charge in [0.15, 0.2) is 0 Å². The van der Waals surface area contributed by atoms with Crippen LogP contribution in [0.2, 0.25) is 0 Å². The summed E-state index contributed by atoms with van der Waals surface area (Å²) in [6.07, 6.45) is 1.28. The Balaban J connectivity index is 1.95. The fourth-order valence-corrected chi connectivity index (χ4v) is 2.49. The summed E-state index contributed by atoms with van der Waals surface area (Å²) in [5.74, 6) is 1.05. The summed E-state index contributed by atoms with van der Waals surface area (Å²) < 4.78 is 5.33. The molecule has 0 saturated heterocycles. The smallest absolute Gasteiger partial charge is 0.254 e. The first kappa shape index (κ1) is 15.7. The molecule has 0 spiro atoms. The minimum absolute atomic E-state index is 0.168. The van der Waals surface area contributed by atoms with Crippen LogP contribution in [-0.2, 0) is 0 Å². The normalized spacial score (nSPS) is 12.2. The fraction of sp³-hybridized carbons (Fsp3) is 0.312. The average molecular weight is 305 g/mol. The van der Waals surface area contributed by atoms with E-state index in [0.29, 0.717) is 17.1 Å². The number of benzene rings is 1. The molecule has 1 aromatic heterocycles. The quantitative estimate of drug-likeness (QED) is 0.833. The van der Waals surface area contributed by atoms with E-state index in [4.69, 9.17) is 4.42 Å². The van der Waals surface area contributed by atoms with Gasteiger partial charge in [0.2, 0.25) is 0 Å². The molecule has 2 N–H and O–H groups in total. The number of aliphatic hydroxyl groups is 1. The van der Waals surface area contributed by atoms with Gasteiger partial charge in [-0.25, -0.2) is 0 Å². The van der Waals surface area contributed by atoms with Crippen LogP contribution in [0.4, 0.5) is 0 Å². The molecule has 0 aliphatic rings. The third-order valence-corrected chi connectivity index (χ3v) is 3.99. The summed E-state index contributed by atoms with van der Waals surface area (Å²) in [5.41, 5.74) is 1.30. The van der Waals surface area contributed by atoms with Gasteiger partial charge in [-0.15, -0.1) is 11.8 Å². The Morgan fingerprint density at radius 2 is 2.00 bits per heavy atom. The van der Waals surface area contributed by atoms with Crippen LogP contribution in [0.15, 0.2) is 39.6 Å². The summed E-state index contributed by atoms with van der Waals surface area (Å²) >= 11 is 1.65. The maximum absolute atomic E-state index is 12.0. The Morgan fingerprint density at radius 1 is 1.33 bits per heavy atom. The zero-order chi connectivity index (χ0) is 15.4. The van der Waals surface area contributed by atoms with Gasteiger partial charge < -0.3 is 14.8 Å². The Kier molecular flexibility index (Phi) is 5.09. The molecule has 0 aliphatic heterocycles. The molecule has 0 unspecified atom stereocenters. The molecule has 2 aromatic rings. The summed E-state index contributed by atoms with van der Waals surface area (Å²) in [5, 5.41) is 12.8. The van der Waals surface area contributed by atoms with Gasteiger partial charge in [0, 0.05) is 11.4 Å². The van der Waals surface area contributed by atoms with Gasteiger partial charge in [0.1, 0.15) is 11.5 Å². The van der Waals surface area contributed by atoms with Gasteiger partial charge in [-0.3, -0.25) is 4.79 Å². The summed E-state index contributed by atoms with van der Waals surface area (Å²) in [6, 6.07) is 9.35. The number of hydrogen-bond acceptors (Lipinski definition) is 4. The lowest BCUT2D eigenvalue weighted by atomic mass is 10.1. The van der Waals surface area contributed by atoms with Crippen LogP contribution < -0.4 is 5.32 Å². The SMILES string of the molecule is CSc1ccc([C@@H](O)CNC(=O)c2cc(C)oc2C)cc1. The molecule has 1 atom stereocenters. The second kappa shape index (κ2) is 6.83. The second-order valence-electron chi connectivity index (χ2n) is 4.83. The Morgan fingerprint density at radius 3 is 2.52 bits per heavy atom. The zero-order valence-corrected chi connectivity index (χ0v) is 13.2. The number of furan rings is 1. The first-order valence-corrected chi connectivity index (χ1v) is 7.91. The van der Waals surface area contributed by atoms with Gasteiger partial charge in [-0.05, 0) is 43.9 Å². The molecule has 0 saturated carbocycles. The minimum atomic E-state index is -0.724. The molecule has 1 aromatic carbocycles. The minimum Gasteiger partial charge on any atom is -0.466 e. The van der Waals surface area contributed by atoms with E-state index in [2.05, 4.69) is 5.32 Å². The highest BCUT2D eigenvalue weighted by Gasteiger charge is 2.15. The highest BCUT2D eigenvalue weighted by atomic mass is 32.2. The van der Waals surface area contributed by atoms with E-state index in [0.717, 1.165) is 10.5 Å². The van der Waals surface area contributed by atoms with Crippen molar-refractivity contribution in [2.45, 2.75) is 24.8 Å². The van der Waals surface area contributed by atoms with Crippen molar-refractivity contribution in [1.29, 1.82) is 0 Å². The van der Waals surface area contributed by atoms with Crippen molar-refractivity contribution in [2.75, 3.05) is 12.8 Å². The van der Waals surface area contributed by atoms with E-state index in [-0.39, 0.29) is 12.5 Å². The number of hydrogen-bond donors (Lipinski definition) is 2.